The third-order valence-corrected chi connectivity index (χ3v) is 6.01. The Kier molecular flexibility index (Phi) is 6.05. The van der Waals surface area contributed by atoms with Gasteiger partial charge in [-0.15, -0.1) is 0 Å². The van der Waals surface area contributed by atoms with E-state index in [-0.39, 0.29) is 17.3 Å². The van der Waals surface area contributed by atoms with E-state index in [4.69, 9.17) is 0 Å². The Morgan fingerprint density at radius 2 is 1.69 bits per heavy atom. The third-order valence-electron chi connectivity index (χ3n) is 4.05. The van der Waals surface area contributed by atoms with E-state index in [0.717, 1.165) is 21.1 Å². The molecule has 6 nitrogen and oxygen atoms in total. The molecule has 2 aromatic rings. The Balaban J connectivity index is 2.10. The first-order valence-corrected chi connectivity index (χ1v) is 9.69. The van der Waals surface area contributed by atoms with Gasteiger partial charge in [-0.1, -0.05) is 23.8 Å². The van der Waals surface area contributed by atoms with Crippen molar-refractivity contribution in [2.75, 3.05) is 31.3 Å². The molecule has 2 aromatic carbocycles. The minimum Gasteiger partial charge on any atom is -0.376 e. The van der Waals surface area contributed by atoms with Crippen molar-refractivity contribution in [3.8, 4) is 0 Å². The van der Waals surface area contributed by atoms with Crippen LogP contribution in [0.4, 0.5) is 11.4 Å². The molecule has 7 heteroatoms. The fourth-order valence-corrected chi connectivity index (χ4v) is 3.69. The van der Waals surface area contributed by atoms with Crippen LogP contribution in [0.15, 0.2) is 41.3 Å². The molecule has 0 aliphatic heterocycles. The van der Waals surface area contributed by atoms with Gasteiger partial charge in [-0.3, -0.25) is 4.79 Å². The topological polar surface area (TPSA) is 78.5 Å². The molecule has 0 aliphatic carbocycles. The molecule has 2 N–H and O–H groups in total. The van der Waals surface area contributed by atoms with Crippen molar-refractivity contribution in [2.24, 2.45) is 0 Å². The number of anilines is 2. The molecule has 0 atom stereocenters. The Bertz CT molecular complexity index is 922. The van der Waals surface area contributed by atoms with Gasteiger partial charge in [-0.05, 0) is 50.1 Å². The molecular formula is C19H25N3O3S. The lowest BCUT2D eigenvalue weighted by atomic mass is 10.1. The first kappa shape index (κ1) is 19.9. The number of sulfonamides is 1. The molecule has 0 aromatic heterocycles. The lowest BCUT2D eigenvalue weighted by Crippen LogP contribution is -2.24. The van der Waals surface area contributed by atoms with Crippen molar-refractivity contribution in [3.63, 3.8) is 0 Å². The summed E-state index contributed by atoms with van der Waals surface area (Å²) in [5.41, 5.74) is 4.19. The average molecular weight is 375 g/mol. The van der Waals surface area contributed by atoms with Crippen LogP contribution in [0.5, 0.6) is 0 Å². The summed E-state index contributed by atoms with van der Waals surface area (Å²) in [5.74, 6) is -0.248. The van der Waals surface area contributed by atoms with E-state index in [0.29, 0.717) is 11.3 Å². The van der Waals surface area contributed by atoms with Crippen LogP contribution >= 0.6 is 0 Å². The summed E-state index contributed by atoms with van der Waals surface area (Å²) in [7, 11) is -0.604. The second kappa shape index (κ2) is 7.88. The predicted molar refractivity (Wildman–Crippen MR) is 105 cm³/mol. The van der Waals surface area contributed by atoms with E-state index in [1.165, 1.54) is 20.2 Å². The van der Waals surface area contributed by atoms with Crippen molar-refractivity contribution >= 4 is 27.3 Å². The fraction of sp³-hybridized carbons (Fsp3) is 0.316. The molecule has 0 saturated carbocycles. The second-order valence-electron chi connectivity index (χ2n) is 6.49. The quantitative estimate of drug-likeness (QED) is 0.814. The van der Waals surface area contributed by atoms with Crippen LogP contribution in [-0.4, -0.2) is 39.3 Å². The Labute approximate surface area is 155 Å². The SMILES string of the molecule is Cc1ccc(NCC(=O)Nc2ccc(C)c(S(=O)(=O)N(C)C)c2)c(C)c1. The Morgan fingerprint density at radius 1 is 1.00 bits per heavy atom. The highest BCUT2D eigenvalue weighted by Gasteiger charge is 2.20. The van der Waals surface area contributed by atoms with Gasteiger partial charge >= 0.3 is 0 Å². The number of rotatable bonds is 6. The van der Waals surface area contributed by atoms with E-state index in [2.05, 4.69) is 10.6 Å². The lowest BCUT2D eigenvalue weighted by Gasteiger charge is -2.15. The van der Waals surface area contributed by atoms with Gasteiger partial charge < -0.3 is 10.6 Å². The number of benzene rings is 2. The Hall–Kier alpha value is -2.38. The van der Waals surface area contributed by atoms with Crippen LogP contribution in [0, 0.1) is 20.8 Å². The van der Waals surface area contributed by atoms with E-state index in [9.17, 15) is 13.2 Å². The number of hydrogen-bond donors (Lipinski definition) is 2. The molecule has 0 saturated heterocycles. The summed E-state index contributed by atoms with van der Waals surface area (Å²) >= 11 is 0. The molecular weight excluding hydrogens is 350 g/mol. The zero-order chi connectivity index (χ0) is 19.5. The number of amides is 1. The minimum atomic E-state index is -3.56. The fourth-order valence-electron chi connectivity index (χ4n) is 2.55. The predicted octanol–water partition coefficient (Wildman–Crippen LogP) is 2.91. The standard InChI is InChI=1S/C19H25N3O3S/c1-13-6-9-17(15(3)10-13)20-12-19(23)21-16-8-7-14(2)18(11-16)26(24,25)22(4)5/h6-11,20H,12H2,1-5H3,(H,21,23). The zero-order valence-corrected chi connectivity index (χ0v) is 16.6. The molecule has 0 radical (unpaired) electrons. The second-order valence-corrected chi connectivity index (χ2v) is 8.61. The highest BCUT2D eigenvalue weighted by atomic mass is 32.2. The summed E-state index contributed by atoms with van der Waals surface area (Å²) in [5, 5.41) is 5.83. The van der Waals surface area contributed by atoms with Gasteiger partial charge in [-0.25, -0.2) is 12.7 Å². The van der Waals surface area contributed by atoms with Gasteiger partial charge in [-0.2, -0.15) is 0 Å². The molecule has 0 bridgehead atoms. The van der Waals surface area contributed by atoms with Crippen LogP contribution in [-0.2, 0) is 14.8 Å². The molecule has 0 spiro atoms. The molecule has 0 aliphatic rings. The molecule has 2 rings (SSSR count). The van der Waals surface area contributed by atoms with Crippen LogP contribution in [0.25, 0.3) is 0 Å². The summed E-state index contributed by atoms with van der Waals surface area (Å²) < 4.78 is 25.9. The summed E-state index contributed by atoms with van der Waals surface area (Å²) in [6.45, 7) is 5.81. The Morgan fingerprint density at radius 3 is 2.31 bits per heavy atom. The number of carbonyl (C=O) groups is 1. The number of nitrogens with one attached hydrogen (secondary N) is 2. The maximum Gasteiger partial charge on any atom is 0.243 e. The van der Waals surface area contributed by atoms with Crippen molar-refractivity contribution in [1.29, 1.82) is 0 Å². The van der Waals surface area contributed by atoms with Gasteiger partial charge in [0.05, 0.1) is 11.4 Å². The molecule has 0 unspecified atom stereocenters. The minimum absolute atomic E-state index is 0.0908. The molecule has 0 fully saturated rings. The van der Waals surface area contributed by atoms with Crippen LogP contribution in [0.3, 0.4) is 0 Å². The van der Waals surface area contributed by atoms with E-state index < -0.39 is 10.0 Å². The van der Waals surface area contributed by atoms with Crippen molar-refractivity contribution in [3.05, 3.63) is 53.1 Å². The van der Waals surface area contributed by atoms with Gasteiger partial charge in [0, 0.05) is 25.5 Å². The maximum absolute atomic E-state index is 12.4. The van der Waals surface area contributed by atoms with Gasteiger partial charge in [0.25, 0.3) is 0 Å². The van der Waals surface area contributed by atoms with Crippen molar-refractivity contribution in [2.45, 2.75) is 25.7 Å². The number of aryl methyl sites for hydroxylation is 3. The molecule has 1 amide bonds. The highest BCUT2D eigenvalue weighted by Crippen LogP contribution is 2.22. The van der Waals surface area contributed by atoms with Crippen molar-refractivity contribution < 1.29 is 13.2 Å². The molecule has 26 heavy (non-hydrogen) atoms. The highest BCUT2D eigenvalue weighted by molar-refractivity contribution is 7.89. The molecule has 140 valence electrons. The van der Waals surface area contributed by atoms with Crippen LogP contribution < -0.4 is 10.6 Å². The first-order valence-electron chi connectivity index (χ1n) is 8.25. The van der Waals surface area contributed by atoms with Crippen LogP contribution in [0.1, 0.15) is 16.7 Å². The zero-order valence-electron chi connectivity index (χ0n) is 15.8. The average Bonchev–Trinajstić information content (AvgIpc) is 2.55. The van der Waals surface area contributed by atoms with E-state index in [1.807, 2.05) is 32.0 Å². The van der Waals surface area contributed by atoms with E-state index in [1.54, 1.807) is 19.1 Å². The number of nitrogens with zero attached hydrogens (tertiary/aromatic N) is 1. The first-order chi connectivity index (χ1) is 12.1. The summed E-state index contributed by atoms with van der Waals surface area (Å²) in [4.78, 5) is 12.4. The number of carbonyl (C=O) groups excluding carboxylic acids is 1. The lowest BCUT2D eigenvalue weighted by molar-refractivity contribution is -0.114. The summed E-state index contributed by atoms with van der Waals surface area (Å²) in [6.07, 6.45) is 0. The number of hydrogen-bond acceptors (Lipinski definition) is 4. The largest absolute Gasteiger partial charge is 0.376 e. The maximum atomic E-state index is 12.4. The summed E-state index contributed by atoms with van der Waals surface area (Å²) in [6, 6.07) is 10.8. The smallest absolute Gasteiger partial charge is 0.243 e. The third kappa shape index (κ3) is 4.62. The van der Waals surface area contributed by atoms with Gasteiger partial charge in [0.1, 0.15) is 0 Å². The van der Waals surface area contributed by atoms with Gasteiger partial charge in [0.2, 0.25) is 15.9 Å². The monoisotopic (exact) mass is 375 g/mol. The van der Waals surface area contributed by atoms with Crippen molar-refractivity contribution in [1.82, 2.24) is 4.31 Å². The van der Waals surface area contributed by atoms with Gasteiger partial charge in [0.15, 0.2) is 0 Å². The normalized spacial score (nSPS) is 11.5. The molecule has 0 heterocycles. The van der Waals surface area contributed by atoms with E-state index >= 15 is 0 Å². The van der Waals surface area contributed by atoms with Crippen LogP contribution in [0.2, 0.25) is 0 Å².